The van der Waals surface area contributed by atoms with Crippen LogP contribution in [-0.2, 0) is 26.7 Å². The maximum Gasteiger partial charge on any atom is 0.243 e. The first-order chi connectivity index (χ1) is 18.6. The molecule has 0 aliphatic rings. The number of nitrogens with two attached hydrogens (primary N) is 1. The number of allylic oxidation sites excluding steroid dienone is 1. The van der Waals surface area contributed by atoms with Crippen molar-refractivity contribution >= 4 is 11.8 Å². The number of amides is 2. The van der Waals surface area contributed by atoms with Gasteiger partial charge in [0.2, 0.25) is 11.8 Å². The molecule has 0 radical (unpaired) electrons. The van der Waals surface area contributed by atoms with Crippen molar-refractivity contribution < 1.29 is 57.6 Å². The topological polar surface area (TPSA) is 215 Å². The van der Waals surface area contributed by atoms with Gasteiger partial charge in [-0.3, -0.25) is 9.59 Å². The number of unbranched alkanes of at least 4 members (excludes halogenated alkanes) is 5. The number of hydroxylamine groups is 6. The van der Waals surface area contributed by atoms with Crippen molar-refractivity contribution in [3.63, 3.8) is 0 Å². The van der Waals surface area contributed by atoms with Crippen LogP contribution in [0.1, 0.15) is 71.1 Å². The average Bonchev–Trinajstić information content (AvgIpc) is 2.91. The first-order valence-electron chi connectivity index (χ1n) is 13.6. The van der Waals surface area contributed by atoms with Gasteiger partial charge in [0.1, 0.15) is 18.7 Å². The van der Waals surface area contributed by atoms with Crippen LogP contribution < -0.4 is 16.4 Å². The van der Waals surface area contributed by atoms with Crippen molar-refractivity contribution in [2.24, 2.45) is 5.73 Å². The largest absolute Gasteiger partial charge is 0.377 e. The summed E-state index contributed by atoms with van der Waals surface area (Å²) in [6.45, 7) is 3.20. The quantitative estimate of drug-likeness (QED) is 0.0233. The second-order valence-corrected chi connectivity index (χ2v) is 9.23. The van der Waals surface area contributed by atoms with Gasteiger partial charge in [0, 0.05) is 55.7 Å². The number of rotatable bonds is 24. The number of carbonyl (C=O) groups is 2. The molecule has 0 saturated heterocycles. The molecule has 0 aromatic rings. The van der Waals surface area contributed by atoms with Crippen molar-refractivity contribution in [3.8, 4) is 0 Å². The molecule has 0 rings (SSSR count). The van der Waals surface area contributed by atoms with Gasteiger partial charge < -0.3 is 47.3 Å². The Balaban J connectivity index is 0. The molecule has 0 aliphatic heterocycles. The molecular formula is C25H50FeN6O8. The molecule has 10 N–H and O–H groups in total. The van der Waals surface area contributed by atoms with Gasteiger partial charge in [0.25, 0.3) is 0 Å². The molecule has 14 nitrogen and oxygen atoms in total. The van der Waals surface area contributed by atoms with Crippen LogP contribution in [0.15, 0.2) is 24.4 Å². The molecule has 236 valence electrons. The van der Waals surface area contributed by atoms with E-state index in [0.29, 0.717) is 58.2 Å². The normalized spacial score (nSPS) is 14.2. The summed E-state index contributed by atoms with van der Waals surface area (Å²) in [5, 5.41) is 65.6. The number of hydrogen-bond acceptors (Lipinski definition) is 12. The number of nitrogens with one attached hydrogen (secondary N) is 2. The van der Waals surface area contributed by atoms with Crippen LogP contribution in [0.3, 0.4) is 0 Å². The molecule has 0 saturated carbocycles. The molecule has 3 unspecified atom stereocenters. The molecule has 3 atom stereocenters. The summed E-state index contributed by atoms with van der Waals surface area (Å²) < 4.78 is 0. The zero-order chi connectivity index (χ0) is 29.5. The number of aliphatic hydroxyl groups excluding tert-OH is 3. The fraction of sp³-hybridized carbons (Fsp3) is 0.760. The Morgan fingerprint density at radius 2 is 1.50 bits per heavy atom. The zero-order valence-electron chi connectivity index (χ0n) is 23.4. The van der Waals surface area contributed by atoms with Crippen LogP contribution in [-0.4, -0.2) is 109 Å². The number of nitrogens with zero attached hydrogens (tertiary/aromatic N) is 3. The Labute approximate surface area is 247 Å². The standard InChI is InChI=1S/C25H50N6O8.Fe/c1-21(32)29(37)18-9-3-6-16-27-22(33)12-14-25(36)31(39)20-10-4-7-17-28-23(34)11-13-24(35)30(38)19-8-2-5-15-26;/h6,11,13,16,21,24-25,32,35-39H,2-5,7-10,12,14-15,17-20,26H2,1H3,(H,27,33)(H,28,34);/b13-11+,16-6+;. The average molecular weight is 619 g/mol. The van der Waals surface area contributed by atoms with E-state index in [1.807, 2.05) is 0 Å². The zero-order valence-corrected chi connectivity index (χ0v) is 24.5. The predicted octanol–water partition coefficient (Wildman–Crippen LogP) is 0.195. The first kappa shape index (κ1) is 40.7. The summed E-state index contributed by atoms with van der Waals surface area (Å²) in [4.78, 5) is 23.7. The van der Waals surface area contributed by atoms with E-state index < -0.39 is 24.6 Å². The third kappa shape index (κ3) is 23.3. The molecule has 40 heavy (non-hydrogen) atoms. The van der Waals surface area contributed by atoms with Gasteiger partial charge in [-0.15, -0.1) is 0 Å². The monoisotopic (exact) mass is 618 g/mol. The fourth-order valence-corrected chi connectivity index (χ4v) is 3.27. The van der Waals surface area contributed by atoms with Crippen LogP contribution in [0.25, 0.3) is 0 Å². The Kier molecular flexibility index (Phi) is 26.9. The van der Waals surface area contributed by atoms with E-state index in [1.165, 1.54) is 19.2 Å². The fourth-order valence-electron chi connectivity index (χ4n) is 3.27. The van der Waals surface area contributed by atoms with Gasteiger partial charge in [-0.1, -0.05) is 18.9 Å². The Bertz CT molecular complexity index is 704. The molecule has 0 spiro atoms. The second kappa shape index (κ2) is 26.4. The van der Waals surface area contributed by atoms with Gasteiger partial charge in [-0.25, -0.2) is 0 Å². The molecule has 0 fully saturated rings. The molecular weight excluding hydrogens is 568 g/mol. The van der Waals surface area contributed by atoms with E-state index in [2.05, 4.69) is 10.6 Å². The molecule has 0 heterocycles. The maximum atomic E-state index is 11.8. The van der Waals surface area contributed by atoms with Crippen molar-refractivity contribution in [3.05, 3.63) is 24.4 Å². The van der Waals surface area contributed by atoms with Crippen LogP contribution in [0.2, 0.25) is 0 Å². The minimum atomic E-state index is -1.27. The SMILES string of the molecule is CC(O)N(O)CCC/C=C/NC(=O)CCC(O)N(O)CCCCCNC(=O)/C=C/C(O)N(O)CCCCCN.[Fe]. The third-order valence-electron chi connectivity index (χ3n) is 5.70. The first-order valence-corrected chi connectivity index (χ1v) is 13.6. The Morgan fingerprint density at radius 3 is 2.15 bits per heavy atom. The van der Waals surface area contributed by atoms with E-state index in [1.54, 1.807) is 6.08 Å². The summed E-state index contributed by atoms with van der Waals surface area (Å²) in [6, 6.07) is 0. The minimum absolute atomic E-state index is 0. The van der Waals surface area contributed by atoms with E-state index in [0.717, 1.165) is 34.1 Å². The van der Waals surface area contributed by atoms with E-state index in [9.17, 15) is 35.4 Å². The second-order valence-electron chi connectivity index (χ2n) is 9.23. The van der Waals surface area contributed by atoms with E-state index >= 15 is 0 Å². The number of carbonyl (C=O) groups excluding carboxylic acids is 2. The van der Waals surface area contributed by atoms with Gasteiger partial charge in [-0.05, 0) is 70.7 Å². The van der Waals surface area contributed by atoms with Crippen molar-refractivity contribution in [1.82, 2.24) is 25.8 Å². The summed E-state index contributed by atoms with van der Waals surface area (Å²) in [5.74, 6) is -0.705. The van der Waals surface area contributed by atoms with Crippen LogP contribution >= 0.6 is 0 Å². The van der Waals surface area contributed by atoms with Crippen molar-refractivity contribution in [2.45, 2.75) is 89.8 Å². The van der Waals surface area contributed by atoms with Gasteiger partial charge in [0.05, 0.1) is 0 Å². The maximum absolute atomic E-state index is 11.8. The minimum Gasteiger partial charge on any atom is -0.377 e. The van der Waals surface area contributed by atoms with Crippen molar-refractivity contribution in [2.75, 3.05) is 32.7 Å². The molecule has 0 aliphatic carbocycles. The summed E-state index contributed by atoms with van der Waals surface area (Å²) in [7, 11) is 0. The van der Waals surface area contributed by atoms with Gasteiger partial charge >= 0.3 is 0 Å². The van der Waals surface area contributed by atoms with Crippen molar-refractivity contribution in [1.29, 1.82) is 0 Å². The molecule has 0 aromatic heterocycles. The molecule has 0 aromatic carbocycles. The van der Waals surface area contributed by atoms with Gasteiger partial charge in [-0.2, -0.15) is 15.2 Å². The Morgan fingerprint density at radius 1 is 0.875 bits per heavy atom. The third-order valence-corrected chi connectivity index (χ3v) is 5.70. The molecule has 0 bridgehead atoms. The van der Waals surface area contributed by atoms with Gasteiger partial charge in [0.15, 0.2) is 0 Å². The van der Waals surface area contributed by atoms with E-state index in [-0.39, 0.29) is 48.9 Å². The number of aliphatic hydroxyl groups is 3. The predicted molar refractivity (Wildman–Crippen MR) is 144 cm³/mol. The molecule has 2 amide bonds. The summed E-state index contributed by atoms with van der Waals surface area (Å²) in [5.41, 5.74) is 5.40. The van der Waals surface area contributed by atoms with Crippen LogP contribution in [0, 0.1) is 0 Å². The molecule has 15 heteroatoms. The van der Waals surface area contributed by atoms with Crippen LogP contribution in [0.4, 0.5) is 0 Å². The summed E-state index contributed by atoms with van der Waals surface area (Å²) in [6.07, 6.45) is 7.70. The summed E-state index contributed by atoms with van der Waals surface area (Å²) >= 11 is 0. The Hall–Kier alpha value is -1.46. The van der Waals surface area contributed by atoms with E-state index in [4.69, 9.17) is 10.8 Å². The smallest absolute Gasteiger partial charge is 0.243 e. The number of hydrogen-bond donors (Lipinski definition) is 9. The van der Waals surface area contributed by atoms with Crippen LogP contribution in [0.5, 0.6) is 0 Å².